The molecule has 0 saturated heterocycles. The highest BCUT2D eigenvalue weighted by atomic mass is 28.4. The summed E-state index contributed by atoms with van der Waals surface area (Å²) < 4.78 is 22.9. The Bertz CT molecular complexity index is 2270. The van der Waals surface area contributed by atoms with Crippen molar-refractivity contribution >= 4 is 79.6 Å². The molecule has 1 heterocycles. The van der Waals surface area contributed by atoms with Crippen molar-refractivity contribution in [1.29, 1.82) is 0 Å². The monoisotopic (exact) mass is 935 g/mol. The fraction of sp³-hybridized carbons (Fsp3) is 0.523. The number of hydrogen-bond donors (Lipinski definition) is 3. The first-order valence-corrected chi connectivity index (χ1v) is 35.0. The maximum absolute atomic E-state index is 13.7. The van der Waals surface area contributed by atoms with Gasteiger partial charge < -0.3 is 38.2 Å². The van der Waals surface area contributed by atoms with Gasteiger partial charge in [0.15, 0.2) is 8.32 Å². The largest absolute Gasteiger partial charge is 0.520 e. The van der Waals surface area contributed by atoms with Crippen molar-refractivity contribution in [2.45, 2.75) is 142 Å². The van der Waals surface area contributed by atoms with E-state index in [1.165, 1.54) is 0 Å². The van der Waals surface area contributed by atoms with Gasteiger partial charge in [-0.1, -0.05) is 5.92 Å². The molecule has 1 aliphatic carbocycles. The molecule has 63 heavy (non-hydrogen) atoms. The summed E-state index contributed by atoms with van der Waals surface area (Å²) in [5.74, 6) is 0.339. The van der Waals surface area contributed by atoms with Crippen LogP contribution in [-0.2, 0) is 49.9 Å². The lowest BCUT2D eigenvalue weighted by molar-refractivity contribution is -0.142. The number of terminal acetylenes is 1. The van der Waals surface area contributed by atoms with Gasteiger partial charge in [0, 0.05) is 24.1 Å². The predicted molar refractivity (Wildman–Crippen MR) is 254 cm³/mol. The molecule has 3 aromatic rings. The highest BCUT2D eigenvalue weighted by Gasteiger charge is 2.33. The molecule has 3 N–H and O–H groups in total. The molecule has 0 spiro atoms. The number of carbonyl (C=O) groups excluding carboxylic acids is 5. The van der Waals surface area contributed by atoms with Crippen molar-refractivity contribution in [3.63, 3.8) is 0 Å². The highest BCUT2D eigenvalue weighted by molar-refractivity contribution is 6.72. The second-order valence-electron chi connectivity index (χ2n) is 19.8. The van der Waals surface area contributed by atoms with E-state index in [-0.39, 0.29) is 56.0 Å². The van der Waals surface area contributed by atoms with Gasteiger partial charge in [-0.05, 0) is 152 Å². The average molecular weight is 936 g/mol. The van der Waals surface area contributed by atoms with Gasteiger partial charge in [0.25, 0.3) is 17.4 Å². The number of rotatable bonds is 20. The number of aryl methyl sites for hydroxylation is 1. The molecule has 15 nitrogen and oxygen atoms in total. The summed E-state index contributed by atoms with van der Waals surface area (Å²) in [7, 11) is -8.76. The van der Waals surface area contributed by atoms with E-state index >= 15 is 0 Å². The van der Waals surface area contributed by atoms with Gasteiger partial charge in [0.2, 0.25) is 30.9 Å². The van der Waals surface area contributed by atoms with Crippen LogP contribution >= 0.6 is 0 Å². The van der Waals surface area contributed by atoms with Crippen LogP contribution in [0.1, 0.15) is 65.5 Å². The fourth-order valence-electron chi connectivity index (χ4n) is 6.91. The minimum absolute atomic E-state index is 0.0254. The van der Waals surface area contributed by atoms with Crippen LogP contribution in [0.4, 0.5) is 5.69 Å². The first-order valence-electron chi connectivity index (χ1n) is 21.4. The topological polar surface area (TPSA) is 195 Å². The molecule has 0 bridgehead atoms. The Balaban J connectivity index is 1.50. The van der Waals surface area contributed by atoms with Crippen LogP contribution in [0.15, 0.2) is 41.2 Å². The molecule has 0 fully saturated rings. The summed E-state index contributed by atoms with van der Waals surface area (Å²) in [6.07, 6.45) is 6.90. The van der Waals surface area contributed by atoms with Crippen LogP contribution in [0.25, 0.3) is 10.9 Å². The summed E-state index contributed by atoms with van der Waals surface area (Å²) >= 11 is 0. The molecule has 1 aliphatic rings. The molecule has 0 saturated carbocycles. The van der Waals surface area contributed by atoms with Crippen LogP contribution in [0.2, 0.25) is 78.6 Å². The lowest BCUT2D eigenvalue weighted by Gasteiger charge is -2.30. The van der Waals surface area contributed by atoms with Gasteiger partial charge in [-0.25, -0.2) is 4.98 Å². The second kappa shape index (κ2) is 20.7. The normalized spacial score (nSPS) is 15.1. The summed E-state index contributed by atoms with van der Waals surface area (Å²) in [6, 6.07) is 8.28. The number of aromatic nitrogens is 2. The Kier molecular flexibility index (Phi) is 16.7. The Labute approximate surface area is 375 Å². The van der Waals surface area contributed by atoms with E-state index in [1.807, 2.05) is 71.1 Å². The molecule has 19 heteroatoms. The number of H-pyrrole nitrogens is 1. The second-order valence-corrected chi connectivity index (χ2v) is 37.6. The molecule has 1 aromatic heterocycles. The molecule has 0 aliphatic heterocycles. The smallest absolute Gasteiger partial charge is 0.315 e. The summed E-state index contributed by atoms with van der Waals surface area (Å²) in [4.78, 5) is 89.1. The van der Waals surface area contributed by atoms with Crippen LogP contribution in [0.5, 0.6) is 0 Å². The van der Waals surface area contributed by atoms with Gasteiger partial charge in [0.1, 0.15) is 17.9 Å². The van der Waals surface area contributed by atoms with Crippen LogP contribution in [0, 0.1) is 12.3 Å². The minimum atomic E-state index is -2.42. The van der Waals surface area contributed by atoms with Gasteiger partial charge >= 0.3 is 11.9 Å². The SMILES string of the molecule is C#CCN(c1ccc(C(=O)N[C@@H](CCC(=O)N[C@H](CCC(=O)O[Si](C)(C)C)C(=O)O[Si](C)(C)C)C(=O)O[Si](C)(C)C)cc1)[C@H]1CCc2cc3nc(CO[Si](C)(C)C)[nH]c(=O)c3cc21. The molecule has 2 aromatic carbocycles. The Morgan fingerprint density at radius 3 is 1.94 bits per heavy atom. The Hall–Kier alpha value is -4.88. The third-order valence-corrected chi connectivity index (χ3v) is 13.0. The fourth-order valence-corrected chi connectivity index (χ4v) is 9.76. The zero-order valence-corrected chi connectivity index (χ0v) is 42.9. The maximum Gasteiger partial charge on any atom is 0.315 e. The quantitative estimate of drug-likeness (QED) is 0.0805. The van der Waals surface area contributed by atoms with Crippen molar-refractivity contribution in [3.05, 3.63) is 69.3 Å². The van der Waals surface area contributed by atoms with E-state index in [2.05, 4.69) is 46.1 Å². The van der Waals surface area contributed by atoms with Gasteiger partial charge in [-0.3, -0.25) is 28.8 Å². The molecular formula is C44H65N5O10Si4. The van der Waals surface area contributed by atoms with Crippen LogP contribution in [-0.4, -0.2) is 91.6 Å². The van der Waals surface area contributed by atoms with E-state index < -0.39 is 75.1 Å². The molecular weight excluding hydrogens is 871 g/mol. The highest BCUT2D eigenvalue weighted by Crippen LogP contribution is 2.39. The van der Waals surface area contributed by atoms with E-state index in [9.17, 15) is 28.8 Å². The van der Waals surface area contributed by atoms with E-state index in [4.69, 9.17) is 29.1 Å². The molecule has 2 amide bonds. The lowest BCUT2D eigenvalue weighted by Crippen LogP contribution is -2.48. The molecule has 342 valence electrons. The number of amides is 2. The van der Waals surface area contributed by atoms with Gasteiger partial charge in [-0.2, -0.15) is 0 Å². The van der Waals surface area contributed by atoms with Crippen molar-refractivity contribution in [1.82, 2.24) is 20.6 Å². The summed E-state index contributed by atoms with van der Waals surface area (Å²) in [5, 5.41) is 5.92. The van der Waals surface area contributed by atoms with Crippen molar-refractivity contribution in [3.8, 4) is 12.3 Å². The molecule has 4 rings (SSSR count). The number of benzene rings is 2. The van der Waals surface area contributed by atoms with E-state index in [1.54, 1.807) is 24.3 Å². The number of nitrogens with zero attached hydrogens (tertiary/aromatic N) is 2. The minimum Gasteiger partial charge on any atom is -0.520 e. The zero-order chi connectivity index (χ0) is 47.1. The molecule has 3 atom stereocenters. The summed E-state index contributed by atoms with van der Waals surface area (Å²) in [6.45, 7) is 23.4. The Morgan fingerprint density at radius 1 is 0.810 bits per heavy atom. The Morgan fingerprint density at radius 2 is 1.38 bits per heavy atom. The van der Waals surface area contributed by atoms with Gasteiger partial charge in [0.05, 0.1) is 30.1 Å². The van der Waals surface area contributed by atoms with E-state index in [0.29, 0.717) is 16.7 Å². The van der Waals surface area contributed by atoms with E-state index in [0.717, 1.165) is 29.7 Å². The number of hydrogen-bond acceptors (Lipinski definition) is 12. The number of nitrogens with one attached hydrogen (secondary N) is 3. The maximum atomic E-state index is 13.7. The third-order valence-electron chi connectivity index (χ3n) is 9.54. The standard InChI is InChI=1S/C44H65N5O10Si4/c1-14-25-49(37-22-17-30-26-36-33(27-32(30)37)42(53)48-38(45-36)28-56-60(2,3)4)31-18-15-29(16-19-31)41(52)47-35(44(55)59-63(11,12)13)20-23-39(50)46-34(43(54)58-62(8,9)10)21-24-40(51)57-61(5,6)7/h1,15-16,18-19,26-27,34-35,37H,17,20-25,28H2,2-13H3,(H,46,50)(H,47,52)(H,45,48,53)/t34-,35+,37+/m1/s1. The first-order chi connectivity index (χ1) is 29.1. The third kappa shape index (κ3) is 16.0. The van der Waals surface area contributed by atoms with Crippen molar-refractivity contribution in [2.75, 3.05) is 11.4 Å². The predicted octanol–water partition coefficient (Wildman–Crippen LogP) is 6.68. The molecule has 0 radical (unpaired) electrons. The van der Waals surface area contributed by atoms with Crippen LogP contribution < -0.4 is 21.1 Å². The molecule has 0 unspecified atom stereocenters. The van der Waals surface area contributed by atoms with Crippen molar-refractivity contribution in [2.24, 2.45) is 0 Å². The zero-order valence-electron chi connectivity index (χ0n) is 38.9. The van der Waals surface area contributed by atoms with Crippen molar-refractivity contribution < 1.29 is 41.7 Å². The van der Waals surface area contributed by atoms with Crippen LogP contribution in [0.3, 0.4) is 0 Å². The number of aromatic amines is 1. The average Bonchev–Trinajstić information content (AvgIpc) is 3.55. The first kappa shape index (κ1) is 50.8. The summed E-state index contributed by atoms with van der Waals surface area (Å²) in [5.41, 5.74) is 3.46. The number of anilines is 1. The number of fused-ring (bicyclic) bond motifs is 2. The lowest BCUT2D eigenvalue weighted by atomic mass is 10.0. The van der Waals surface area contributed by atoms with Gasteiger partial charge in [-0.15, -0.1) is 6.42 Å². The number of carbonyl (C=O) groups is 5.